The third-order valence-corrected chi connectivity index (χ3v) is 10.1. The van der Waals surface area contributed by atoms with Crippen molar-refractivity contribution in [2.75, 3.05) is 0 Å². The maximum atomic E-state index is 11.8. The summed E-state index contributed by atoms with van der Waals surface area (Å²) < 4.78 is 25.0. The Hall–Kier alpha value is -3.13. The minimum absolute atomic E-state index is 0.184. The summed E-state index contributed by atoms with van der Waals surface area (Å²) in [7, 11) is -3.65. The largest absolute Gasteiger partial charge is 0.698 e. The lowest BCUT2D eigenvalue weighted by Gasteiger charge is -2.32. The molecule has 0 bridgehead atoms. The molecule has 1 atom stereocenters. The highest BCUT2D eigenvalue weighted by Gasteiger charge is 2.49. The van der Waals surface area contributed by atoms with Gasteiger partial charge in [0.1, 0.15) is 5.75 Å². The van der Waals surface area contributed by atoms with E-state index in [-0.39, 0.29) is 23.5 Å². The van der Waals surface area contributed by atoms with Gasteiger partial charge in [0.25, 0.3) is 0 Å². The maximum absolute atomic E-state index is 11.8. The summed E-state index contributed by atoms with van der Waals surface area (Å²) in [5.74, 6) is 2.72. The molecule has 1 aromatic rings. The van der Waals surface area contributed by atoms with Gasteiger partial charge in [-0.25, -0.2) is 0 Å². The Kier molecular flexibility index (Phi) is 14.3. The number of ether oxygens (including phenoxy) is 1. The van der Waals surface area contributed by atoms with E-state index < -0.39 is 8.80 Å². The van der Waals surface area contributed by atoms with E-state index in [1.54, 1.807) is 20.8 Å². The minimum atomic E-state index is -3.65. The van der Waals surface area contributed by atoms with Crippen molar-refractivity contribution in [2.45, 2.75) is 118 Å². The number of carbonyl (C=O) groups is 3. The van der Waals surface area contributed by atoms with Crippen molar-refractivity contribution in [1.82, 2.24) is 0 Å². The van der Waals surface area contributed by atoms with Crippen molar-refractivity contribution in [2.24, 2.45) is 5.92 Å². The van der Waals surface area contributed by atoms with Crippen molar-refractivity contribution < 1.29 is 32.4 Å². The number of allylic oxidation sites excluding steroid dienone is 6. The monoisotopic (exact) mass is 598 g/mol. The molecule has 1 aliphatic rings. The molecule has 232 valence electrons. The Morgan fingerprint density at radius 2 is 1.24 bits per heavy atom. The van der Waals surface area contributed by atoms with Crippen LogP contribution in [0.5, 0.6) is 5.75 Å². The van der Waals surface area contributed by atoms with Crippen LogP contribution >= 0.6 is 0 Å². The van der Waals surface area contributed by atoms with Gasteiger partial charge in [-0.3, -0.25) is 14.4 Å². The Morgan fingerprint density at radius 1 is 0.786 bits per heavy atom. The van der Waals surface area contributed by atoms with Gasteiger partial charge < -0.3 is 18.0 Å². The van der Waals surface area contributed by atoms with Gasteiger partial charge in [-0.2, -0.15) is 0 Å². The Morgan fingerprint density at radius 3 is 1.64 bits per heavy atom. The lowest BCUT2D eigenvalue weighted by atomic mass is 9.77. The second-order valence-electron chi connectivity index (χ2n) is 11.6. The minimum Gasteiger partial charge on any atom is -0.491 e. The van der Waals surface area contributed by atoms with Gasteiger partial charge in [0, 0.05) is 18.2 Å². The fraction of sp³-hybridized carbons (Fsp3) is 0.559. The molecule has 1 aromatic carbocycles. The molecule has 1 unspecified atom stereocenters. The van der Waals surface area contributed by atoms with E-state index in [9.17, 15) is 14.4 Å². The van der Waals surface area contributed by atoms with E-state index >= 15 is 0 Å². The molecule has 0 aliphatic heterocycles. The van der Waals surface area contributed by atoms with Crippen molar-refractivity contribution >= 4 is 26.2 Å². The lowest BCUT2D eigenvalue weighted by Crippen LogP contribution is -2.45. The summed E-state index contributed by atoms with van der Waals surface area (Å²) in [6, 6.07) is 8.75. The SMILES string of the molecule is CCCC1CCC(c2ccc(OC(C)CC[Si](OC(C)=CC(C)=O)(OC(C)=CC(C)=O)OC(C)=CC(C)=O)cc2)CC1. The highest BCUT2D eigenvalue weighted by molar-refractivity contribution is 6.61. The van der Waals surface area contributed by atoms with Crippen LogP contribution in [0.25, 0.3) is 0 Å². The molecule has 0 heterocycles. The summed E-state index contributed by atoms with van der Waals surface area (Å²) in [4.78, 5) is 35.3. The fourth-order valence-corrected chi connectivity index (χ4v) is 8.42. The van der Waals surface area contributed by atoms with E-state index in [2.05, 4.69) is 19.1 Å². The normalized spacial score (nSPS) is 20.2. The van der Waals surface area contributed by atoms with Gasteiger partial charge >= 0.3 is 8.80 Å². The molecule has 0 amide bonds. The van der Waals surface area contributed by atoms with Gasteiger partial charge in [0.05, 0.1) is 29.4 Å². The average Bonchev–Trinajstić information content (AvgIpc) is 2.87. The third kappa shape index (κ3) is 12.8. The van der Waals surface area contributed by atoms with Gasteiger partial charge in [0.2, 0.25) is 0 Å². The molecule has 2 rings (SSSR count). The van der Waals surface area contributed by atoms with Crippen LogP contribution in [-0.2, 0) is 27.7 Å². The summed E-state index contributed by atoms with van der Waals surface area (Å²) in [6.45, 7) is 13.5. The molecule has 8 heteroatoms. The van der Waals surface area contributed by atoms with Crippen molar-refractivity contribution in [3.8, 4) is 5.75 Å². The lowest BCUT2D eigenvalue weighted by molar-refractivity contribution is -0.113. The maximum Gasteiger partial charge on any atom is 0.698 e. The number of hydrogen-bond donors (Lipinski definition) is 0. The second kappa shape index (κ2) is 17.1. The topological polar surface area (TPSA) is 88.1 Å². The predicted octanol–water partition coefficient (Wildman–Crippen LogP) is 8.39. The number of rotatable bonds is 17. The van der Waals surface area contributed by atoms with E-state index in [0.717, 1.165) is 11.7 Å². The van der Waals surface area contributed by atoms with Gasteiger partial charge in [-0.15, -0.1) is 0 Å². The molecular weight excluding hydrogens is 548 g/mol. The van der Waals surface area contributed by atoms with Crippen LogP contribution < -0.4 is 4.74 Å². The van der Waals surface area contributed by atoms with Crippen LogP contribution in [0.3, 0.4) is 0 Å². The first kappa shape index (κ1) is 35.1. The molecule has 42 heavy (non-hydrogen) atoms. The van der Waals surface area contributed by atoms with Crippen LogP contribution in [0.15, 0.2) is 59.8 Å². The molecule has 1 saturated carbocycles. The first-order valence-corrected chi connectivity index (χ1v) is 17.1. The number of benzene rings is 1. The Bertz CT molecular complexity index is 1060. The zero-order chi connectivity index (χ0) is 31.3. The Labute approximate surface area is 253 Å². The van der Waals surface area contributed by atoms with Crippen LogP contribution in [0, 0.1) is 5.92 Å². The summed E-state index contributed by atoms with van der Waals surface area (Å²) in [6.07, 6.45) is 12.1. The summed E-state index contributed by atoms with van der Waals surface area (Å²) in [5.41, 5.74) is 1.37. The number of carbonyl (C=O) groups excluding carboxylic acids is 3. The smallest absolute Gasteiger partial charge is 0.491 e. The molecule has 1 fully saturated rings. The van der Waals surface area contributed by atoms with Crippen molar-refractivity contribution in [3.05, 3.63) is 65.3 Å². The zero-order valence-electron chi connectivity index (χ0n) is 26.8. The third-order valence-electron chi connectivity index (χ3n) is 7.26. The zero-order valence-corrected chi connectivity index (χ0v) is 27.8. The van der Waals surface area contributed by atoms with Crippen molar-refractivity contribution in [3.63, 3.8) is 0 Å². The molecular formula is C34H50O7Si. The van der Waals surface area contributed by atoms with Crippen LogP contribution in [0.4, 0.5) is 0 Å². The number of ketones is 3. The first-order chi connectivity index (χ1) is 19.8. The molecule has 0 aromatic heterocycles. The summed E-state index contributed by atoms with van der Waals surface area (Å²) >= 11 is 0. The van der Waals surface area contributed by atoms with Crippen molar-refractivity contribution in [1.29, 1.82) is 0 Å². The second-order valence-corrected chi connectivity index (χ2v) is 14.1. The first-order valence-electron chi connectivity index (χ1n) is 15.2. The van der Waals surface area contributed by atoms with Gasteiger partial charge in [-0.05, 0) is 110 Å². The predicted molar refractivity (Wildman–Crippen MR) is 168 cm³/mol. The van der Waals surface area contributed by atoms with Crippen LogP contribution in [0.2, 0.25) is 6.04 Å². The fourth-order valence-electron chi connectivity index (χ4n) is 5.58. The van der Waals surface area contributed by atoms with E-state index in [0.29, 0.717) is 35.7 Å². The molecule has 0 radical (unpaired) electrons. The van der Waals surface area contributed by atoms with Gasteiger partial charge in [-0.1, -0.05) is 31.9 Å². The summed E-state index contributed by atoms with van der Waals surface area (Å²) in [5, 5.41) is 0. The molecule has 1 aliphatic carbocycles. The molecule has 0 saturated heterocycles. The highest BCUT2D eigenvalue weighted by Crippen LogP contribution is 2.38. The van der Waals surface area contributed by atoms with Gasteiger partial charge in [0.15, 0.2) is 17.3 Å². The van der Waals surface area contributed by atoms with Crippen LogP contribution in [0.1, 0.15) is 112 Å². The standard InChI is InChI=1S/C34H50O7Si/c1-9-10-31-11-13-32(14-12-31)33-15-17-34(18-16-33)38-27(5)19-20-42(39-28(6)21-24(2)35,40-29(7)22-25(3)36)41-30(8)23-26(4)37/h15-18,21-23,27,31-32H,9-14,19-20H2,1-8H3. The average molecular weight is 599 g/mol. The van der Waals surface area contributed by atoms with E-state index in [4.69, 9.17) is 18.0 Å². The highest BCUT2D eigenvalue weighted by atomic mass is 28.4. The molecule has 0 N–H and O–H groups in total. The van der Waals surface area contributed by atoms with E-state index in [1.165, 1.54) is 83.1 Å². The quantitative estimate of drug-likeness (QED) is 0.101. The van der Waals surface area contributed by atoms with Crippen LogP contribution in [-0.4, -0.2) is 32.3 Å². The number of hydrogen-bond acceptors (Lipinski definition) is 7. The molecule has 0 spiro atoms. The van der Waals surface area contributed by atoms with E-state index in [1.807, 2.05) is 19.1 Å². The Balaban J connectivity index is 2.19. The molecule has 7 nitrogen and oxygen atoms in total.